The molecule has 2 aromatic rings. The first kappa shape index (κ1) is 19.6. The molecule has 0 bridgehead atoms. The molecule has 1 N–H and O–H groups in total. The summed E-state index contributed by atoms with van der Waals surface area (Å²) in [6, 6.07) is 9.06. The topological polar surface area (TPSA) is 31.4 Å². The number of piperazine rings is 1. The lowest BCUT2D eigenvalue weighted by Gasteiger charge is -2.35. The zero-order chi connectivity index (χ0) is 19.3. The summed E-state index contributed by atoms with van der Waals surface area (Å²) in [6.07, 6.45) is -2.58. The van der Waals surface area contributed by atoms with Gasteiger partial charge < -0.3 is 10.2 Å². The molecule has 146 valence electrons. The van der Waals surface area contributed by atoms with Crippen LogP contribution in [0.4, 0.5) is 19.0 Å². The van der Waals surface area contributed by atoms with Gasteiger partial charge in [0.1, 0.15) is 5.82 Å². The van der Waals surface area contributed by atoms with Crippen molar-refractivity contribution in [2.45, 2.75) is 13.1 Å². The SMILES string of the molecule is CCNCCN1CCN(c2ccc(-c3ccc(C(F)(F)F)cc3)cn2)CC1. The molecule has 3 rings (SSSR count). The Kier molecular flexibility index (Phi) is 6.34. The molecule has 1 aromatic heterocycles. The fraction of sp³-hybridized carbons (Fsp3) is 0.450. The number of aromatic nitrogens is 1. The minimum absolute atomic E-state index is 0.636. The largest absolute Gasteiger partial charge is 0.416 e. The number of nitrogens with one attached hydrogen (secondary N) is 1. The Bertz CT molecular complexity index is 706. The Hall–Kier alpha value is -2.12. The van der Waals surface area contributed by atoms with Crippen molar-refractivity contribution < 1.29 is 13.2 Å². The van der Waals surface area contributed by atoms with Crippen LogP contribution >= 0.6 is 0 Å². The van der Waals surface area contributed by atoms with E-state index < -0.39 is 11.7 Å². The van der Waals surface area contributed by atoms with E-state index in [4.69, 9.17) is 0 Å². The monoisotopic (exact) mass is 378 g/mol. The van der Waals surface area contributed by atoms with Crippen LogP contribution in [-0.2, 0) is 6.18 Å². The van der Waals surface area contributed by atoms with Gasteiger partial charge in [0.05, 0.1) is 5.56 Å². The second kappa shape index (κ2) is 8.71. The average molecular weight is 378 g/mol. The van der Waals surface area contributed by atoms with E-state index in [9.17, 15) is 13.2 Å². The van der Waals surface area contributed by atoms with Gasteiger partial charge in [-0.1, -0.05) is 19.1 Å². The number of hydrogen-bond donors (Lipinski definition) is 1. The zero-order valence-electron chi connectivity index (χ0n) is 15.5. The summed E-state index contributed by atoms with van der Waals surface area (Å²) in [6.45, 7) is 9.05. The Morgan fingerprint density at radius 2 is 1.63 bits per heavy atom. The number of halogens is 3. The Balaban J connectivity index is 1.58. The van der Waals surface area contributed by atoms with Crippen molar-refractivity contribution in [1.29, 1.82) is 0 Å². The van der Waals surface area contributed by atoms with E-state index in [0.29, 0.717) is 0 Å². The lowest BCUT2D eigenvalue weighted by Crippen LogP contribution is -2.48. The highest BCUT2D eigenvalue weighted by molar-refractivity contribution is 5.64. The molecule has 1 aliphatic rings. The summed E-state index contributed by atoms with van der Waals surface area (Å²) in [5.74, 6) is 0.914. The number of hydrogen-bond acceptors (Lipinski definition) is 4. The minimum Gasteiger partial charge on any atom is -0.354 e. The van der Waals surface area contributed by atoms with E-state index in [1.807, 2.05) is 12.1 Å². The molecule has 27 heavy (non-hydrogen) atoms. The van der Waals surface area contributed by atoms with Crippen LogP contribution in [0.1, 0.15) is 12.5 Å². The van der Waals surface area contributed by atoms with Crippen molar-refractivity contribution in [2.75, 3.05) is 50.7 Å². The smallest absolute Gasteiger partial charge is 0.354 e. The number of benzene rings is 1. The molecule has 1 fully saturated rings. The van der Waals surface area contributed by atoms with Crippen molar-refractivity contribution in [2.24, 2.45) is 0 Å². The van der Waals surface area contributed by atoms with Gasteiger partial charge in [-0.3, -0.25) is 4.90 Å². The second-order valence-corrected chi connectivity index (χ2v) is 6.66. The molecular formula is C20H25F3N4. The number of alkyl halides is 3. The number of likely N-dealkylation sites (N-methyl/N-ethyl adjacent to an activating group) is 1. The van der Waals surface area contributed by atoms with Crippen molar-refractivity contribution in [3.05, 3.63) is 48.2 Å². The summed E-state index contributed by atoms with van der Waals surface area (Å²) in [5, 5.41) is 3.34. The normalized spacial score (nSPS) is 15.9. The average Bonchev–Trinajstić information content (AvgIpc) is 2.68. The molecule has 0 saturated carbocycles. The van der Waals surface area contributed by atoms with Gasteiger partial charge in [0.15, 0.2) is 0 Å². The highest BCUT2D eigenvalue weighted by Crippen LogP contribution is 2.31. The van der Waals surface area contributed by atoms with Crippen LogP contribution in [0.25, 0.3) is 11.1 Å². The fourth-order valence-electron chi connectivity index (χ4n) is 3.21. The summed E-state index contributed by atoms with van der Waals surface area (Å²) in [7, 11) is 0. The Morgan fingerprint density at radius 1 is 0.963 bits per heavy atom. The van der Waals surface area contributed by atoms with Gasteiger partial charge in [-0.25, -0.2) is 4.98 Å². The molecular weight excluding hydrogens is 353 g/mol. The van der Waals surface area contributed by atoms with Crippen LogP contribution < -0.4 is 10.2 Å². The summed E-state index contributed by atoms with van der Waals surface area (Å²) in [4.78, 5) is 9.21. The van der Waals surface area contributed by atoms with Gasteiger partial charge in [-0.15, -0.1) is 0 Å². The molecule has 1 saturated heterocycles. The van der Waals surface area contributed by atoms with E-state index in [1.165, 1.54) is 12.1 Å². The van der Waals surface area contributed by atoms with Gasteiger partial charge in [0.2, 0.25) is 0 Å². The Labute approximate surface area is 158 Å². The van der Waals surface area contributed by atoms with E-state index in [2.05, 4.69) is 27.0 Å². The summed E-state index contributed by atoms with van der Waals surface area (Å²) < 4.78 is 38.0. The maximum atomic E-state index is 12.7. The maximum Gasteiger partial charge on any atom is 0.416 e. The van der Waals surface area contributed by atoms with Crippen molar-refractivity contribution in [1.82, 2.24) is 15.2 Å². The maximum absolute atomic E-state index is 12.7. The quantitative estimate of drug-likeness (QED) is 0.780. The summed E-state index contributed by atoms with van der Waals surface area (Å²) >= 11 is 0. The third kappa shape index (κ3) is 5.20. The fourth-order valence-corrected chi connectivity index (χ4v) is 3.21. The lowest BCUT2D eigenvalue weighted by molar-refractivity contribution is -0.137. The van der Waals surface area contributed by atoms with Gasteiger partial charge in [0.25, 0.3) is 0 Å². The number of anilines is 1. The van der Waals surface area contributed by atoms with Crippen LogP contribution in [-0.4, -0.2) is 55.7 Å². The molecule has 0 spiro atoms. The van der Waals surface area contributed by atoms with Crippen LogP contribution in [0.5, 0.6) is 0 Å². The van der Waals surface area contributed by atoms with Gasteiger partial charge in [0, 0.05) is 51.0 Å². The van der Waals surface area contributed by atoms with Crippen LogP contribution in [0.3, 0.4) is 0 Å². The third-order valence-electron chi connectivity index (χ3n) is 4.84. The molecule has 4 nitrogen and oxygen atoms in total. The standard InChI is InChI=1S/C20H25F3N4/c1-2-24-9-10-26-11-13-27(14-12-26)19-8-5-17(15-25-19)16-3-6-18(7-4-16)20(21,22)23/h3-8,15,24H,2,9-14H2,1H3. The molecule has 0 amide bonds. The molecule has 0 atom stereocenters. The molecule has 0 radical (unpaired) electrons. The highest BCUT2D eigenvalue weighted by Gasteiger charge is 2.30. The lowest BCUT2D eigenvalue weighted by atomic mass is 10.1. The predicted octanol–water partition coefficient (Wildman–Crippen LogP) is 3.50. The molecule has 7 heteroatoms. The molecule has 0 aliphatic carbocycles. The molecule has 2 heterocycles. The first-order chi connectivity index (χ1) is 13.0. The Morgan fingerprint density at radius 3 is 2.19 bits per heavy atom. The van der Waals surface area contributed by atoms with Crippen molar-refractivity contribution in [3.63, 3.8) is 0 Å². The minimum atomic E-state index is -4.31. The van der Waals surface area contributed by atoms with Crippen LogP contribution in [0.15, 0.2) is 42.6 Å². The number of rotatable bonds is 6. The van der Waals surface area contributed by atoms with Gasteiger partial charge in [-0.2, -0.15) is 13.2 Å². The first-order valence-electron chi connectivity index (χ1n) is 9.29. The summed E-state index contributed by atoms with van der Waals surface area (Å²) in [5.41, 5.74) is 0.912. The highest BCUT2D eigenvalue weighted by atomic mass is 19.4. The number of nitrogens with zero attached hydrogens (tertiary/aromatic N) is 3. The van der Waals surface area contributed by atoms with Crippen molar-refractivity contribution in [3.8, 4) is 11.1 Å². The molecule has 0 unspecified atom stereocenters. The second-order valence-electron chi connectivity index (χ2n) is 6.66. The molecule has 1 aliphatic heterocycles. The van der Waals surface area contributed by atoms with E-state index in [-0.39, 0.29) is 0 Å². The van der Waals surface area contributed by atoms with Crippen LogP contribution in [0, 0.1) is 0 Å². The van der Waals surface area contributed by atoms with Crippen molar-refractivity contribution >= 4 is 5.82 Å². The number of pyridine rings is 1. The zero-order valence-corrected chi connectivity index (χ0v) is 15.5. The van der Waals surface area contributed by atoms with Crippen LogP contribution in [0.2, 0.25) is 0 Å². The molecule has 1 aromatic carbocycles. The van der Waals surface area contributed by atoms with E-state index in [1.54, 1.807) is 6.20 Å². The third-order valence-corrected chi connectivity index (χ3v) is 4.84. The predicted molar refractivity (Wildman–Crippen MR) is 102 cm³/mol. The van der Waals surface area contributed by atoms with E-state index >= 15 is 0 Å². The van der Waals surface area contributed by atoms with Gasteiger partial charge in [-0.05, 0) is 36.4 Å². The van der Waals surface area contributed by atoms with Gasteiger partial charge >= 0.3 is 6.18 Å². The first-order valence-corrected chi connectivity index (χ1v) is 9.29. The van der Waals surface area contributed by atoms with E-state index in [0.717, 1.165) is 74.9 Å².